The van der Waals surface area contributed by atoms with Gasteiger partial charge in [-0.2, -0.15) is 4.98 Å². The molecule has 2 heterocycles. The second kappa shape index (κ2) is 7.35. The highest BCUT2D eigenvalue weighted by Gasteiger charge is 2.18. The molecule has 0 aliphatic rings. The highest BCUT2D eigenvalue weighted by molar-refractivity contribution is 14.1. The molecule has 0 fully saturated rings. The number of ether oxygens (including phenoxy) is 1. The Hall–Kier alpha value is -2.21. The lowest BCUT2D eigenvalue weighted by molar-refractivity contribution is -0.119. The highest BCUT2D eigenvalue weighted by Crippen LogP contribution is 2.33. The van der Waals surface area contributed by atoms with E-state index in [2.05, 4.69) is 43.0 Å². The van der Waals surface area contributed by atoms with Gasteiger partial charge in [-0.1, -0.05) is 16.5 Å². The molecule has 0 saturated heterocycles. The summed E-state index contributed by atoms with van der Waals surface area (Å²) in [5, 5.41) is 7.06. The lowest BCUT2D eigenvalue weighted by atomic mass is 10.3. The number of nitrogens with two attached hydrogens (primary N) is 1. The van der Waals surface area contributed by atoms with Crippen LogP contribution >= 0.6 is 33.9 Å². The van der Waals surface area contributed by atoms with Gasteiger partial charge in [0.25, 0.3) is 5.19 Å². The summed E-state index contributed by atoms with van der Waals surface area (Å²) < 4.78 is 11.8. The minimum atomic E-state index is -0.362. The summed E-state index contributed by atoms with van der Waals surface area (Å²) in [6.45, 7) is 3.20. The summed E-state index contributed by atoms with van der Waals surface area (Å²) in [5.41, 5.74) is 6.48. The zero-order valence-corrected chi connectivity index (χ0v) is 16.3. The summed E-state index contributed by atoms with van der Waals surface area (Å²) >= 11 is 3.43. The lowest BCUT2D eigenvalue weighted by Crippen LogP contribution is -2.23. The maximum absolute atomic E-state index is 11.1. The monoisotopic (exact) mass is 471 g/mol. The topological polar surface area (TPSA) is 116 Å². The Labute approximate surface area is 160 Å². The van der Waals surface area contributed by atoms with Gasteiger partial charge in [-0.15, -0.1) is 0 Å². The molecule has 0 saturated carbocycles. The molecule has 25 heavy (non-hydrogen) atoms. The number of nitrogen functional groups attached to an aromatic ring is 1. The molecule has 1 amide bonds. The Morgan fingerprint density at radius 1 is 1.48 bits per heavy atom. The van der Waals surface area contributed by atoms with Crippen LogP contribution in [-0.2, 0) is 4.79 Å². The number of thiazole rings is 1. The van der Waals surface area contributed by atoms with Crippen molar-refractivity contribution in [2.75, 3.05) is 5.73 Å². The molecular weight excluding hydrogens is 457 g/mol. The maximum Gasteiger partial charge on any atom is 0.279 e. The predicted octanol–water partition coefficient (Wildman–Crippen LogP) is 3.37. The number of hydrogen-bond donors (Lipinski definition) is 2. The van der Waals surface area contributed by atoms with Crippen molar-refractivity contribution in [2.24, 2.45) is 0 Å². The second-order valence-corrected chi connectivity index (χ2v) is 7.31. The molecule has 1 atom stereocenters. The lowest BCUT2D eigenvalue weighted by Gasteiger charge is -2.05. The standard InChI is InChI=1S/C15H14IN5O3S/c1-7(19-8(2)22)14-20-13(21-24-14)12-6-18-15(25-12)23-9-3-4-11(17)10(16)5-9/h3-7H,17H2,1-2H3,(H,19,22). The van der Waals surface area contributed by atoms with Gasteiger partial charge in [0.05, 0.1) is 11.1 Å². The second-order valence-electron chi connectivity index (χ2n) is 5.15. The first-order valence-corrected chi connectivity index (χ1v) is 9.11. The van der Waals surface area contributed by atoms with Crippen molar-refractivity contribution in [1.29, 1.82) is 0 Å². The smallest absolute Gasteiger partial charge is 0.279 e. The first-order valence-electron chi connectivity index (χ1n) is 7.22. The van der Waals surface area contributed by atoms with Gasteiger partial charge in [0.1, 0.15) is 11.8 Å². The van der Waals surface area contributed by atoms with E-state index in [9.17, 15) is 4.79 Å². The van der Waals surface area contributed by atoms with Crippen LogP contribution in [0.5, 0.6) is 10.9 Å². The number of halogens is 1. The molecule has 8 nitrogen and oxygen atoms in total. The van der Waals surface area contributed by atoms with Crippen LogP contribution in [0.2, 0.25) is 0 Å². The molecule has 0 aliphatic carbocycles. The number of nitrogens with zero attached hydrogens (tertiary/aromatic N) is 3. The molecule has 0 bridgehead atoms. The van der Waals surface area contributed by atoms with Crippen LogP contribution in [0.1, 0.15) is 25.8 Å². The van der Waals surface area contributed by atoms with Crippen molar-refractivity contribution >= 4 is 45.5 Å². The summed E-state index contributed by atoms with van der Waals surface area (Å²) in [7, 11) is 0. The van der Waals surface area contributed by atoms with Crippen molar-refractivity contribution in [1.82, 2.24) is 20.4 Å². The van der Waals surface area contributed by atoms with Crippen molar-refractivity contribution < 1.29 is 14.1 Å². The van der Waals surface area contributed by atoms with E-state index in [1.807, 2.05) is 6.07 Å². The molecule has 130 valence electrons. The Morgan fingerprint density at radius 3 is 3.00 bits per heavy atom. The molecule has 0 spiro atoms. The Kier molecular flexibility index (Phi) is 5.18. The number of anilines is 1. The average Bonchev–Trinajstić information content (AvgIpc) is 3.19. The molecule has 1 unspecified atom stereocenters. The van der Waals surface area contributed by atoms with E-state index in [1.54, 1.807) is 25.3 Å². The Balaban J connectivity index is 1.74. The molecule has 1 aromatic carbocycles. The fourth-order valence-corrected chi connectivity index (χ4v) is 3.16. The zero-order valence-electron chi connectivity index (χ0n) is 13.3. The number of benzene rings is 1. The molecule has 3 aromatic rings. The summed E-state index contributed by atoms with van der Waals surface area (Å²) in [6.07, 6.45) is 1.61. The van der Waals surface area contributed by atoms with Crippen LogP contribution in [0.15, 0.2) is 28.9 Å². The number of rotatable bonds is 5. The minimum Gasteiger partial charge on any atom is -0.431 e. The molecule has 3 rings (SSSR count). The van der Waals surface area contributed by atoms with E-state index in [0.717, 1.165) is 3.57 Å². The number of aromatic nitrogens is 3. The summed E-state index contributed by atoms with van der Waals surface area (Å²) in [4.78, 5) is 20.3. The van der Waals surface area contributed by atoms with Gasteiger partial charge in [0.15, 0.2) is 0 Å². The fraction of sp³-hybridized carbons (Fsp3) is 0.200. The first-order chi connectivity index (χ1) is 11.9. The van der Waals surface area contributed by atoms with Crippen LogP contribution in [0, 0.1) is 3.57 Å². The van der Waals surface area contributed by atoms with Crippen LogP contribution in [0.25, 0.3) is 10.7 Å². The van der Waals surface area contributed by atoms with Crippen LogP contribution < -0.4 is 15.8 Å². The quantitative estimate of drug-likeness (QED) is 0.433. The first kappa shape index (κ1) is 17.6. The van der Waals surface area contributed by atoms with Gasteiger partial charge in [-0.25, -0.2) is 4.98 Å². The average molecular weight is 471 g/mol. The molecule has 3 N–H and O–H groups in total. The predicted molar refractivity (Wildman–Crippen MR) is 101 cm³/mol. The Bertz CT molecular complexity index is 910. The zero-order chi connectivity index (χ0) is 18.0. The van der Waals surface area contributed by atoms with Gasteiger partial charge < -0.3 is 20.3 Å². The van der Waals surface area contributed by atoms with Crippen molar-refractivity contribution in [3.05, 3.63) is 33.9 Å². The maximum atomic E-state index is 11.1. The van der Waals surface area contributed by atoms with Gasteiger partial charge in [0.2, 0.25) is 17.6 Å². The largest absolute Gasteiger partial charge is 0.431 e. The third-order valence-electron chi connectivity index (χ3n) is 3.11. The Morgan fingerprint density at radius 2 is 2.28 bits per heavy atom. The van der Waals surface area contributed by atoms with E-state index in [4.69, 9.17) is 15.0 Å². The number of amides is 1. The van der Waals surface area contributed by atoms with E-state index < -0.39 is 0 Å². The third kappa shape index (κ3) is 4.25. The normalized spacial score (nSPS) is 12.0. The van der Waals surface area contributed by atoms with Crippen molar-refractivity contribution in [3.8, 4) is 21.6 Å². The van der Waals surface area contributed by atoms with Crippen LogP contribution in [0.4, 0.5) is 5.69 Å². The van der Waals surface area contributed by atoms with Gasteiger partial charge in [0, 0.05) is 16.2 Å². The molecule has 10 heteroatoms. The summed E-state index contributed by atoms with van der Waals surface area (Å²) in [6, 6.07) is 5.03. The van der Waals surface area contributed by atoms with Crippen LogP contribution in [0.3, 0.4) is 0 Å². The van der Waals surface area contributed by atoms with E-state index >= 15 is 0 Å². The van der Waals surface area contributed by atoms with E-state index in [0.29, 0.717) is 33.2 Å². The summed E-state index contributed by atoms with van der Waals surface area (Å²) in [5.74, 6) is 1.20. The molecule has 0 aliphatic heterocycles. The number of carbonyl (C=O) groups excluding carboxylic acids is 1. The molecular formula is C15H14IN5O3S. The van der Waals surface area contributed by atoms with Crippen LogP contribution in [-0.4, -0.2) is 21.0 Å². The molecule has 0 radical (unpaired) electrons. The highest BCUT2D eigenvalue weighted by atomic mass is 127. The number of nitrogens with one attached hydrogen (secondary N) is 1. The SMILES string of the molecule is CC(=O)NC(C)c1nc(-c2cnc(Oc3ccc(N)c(I)c3)s2)no1. The van der Waals surface area contributed by atoms with Crippen molar-refractivity contribution in [2.45, 2.75) is 19.9 Å². The van der Waals surface area contributed by atoms with E-state index in [-0.39, 0.29) is 11.9 Å². The molecule has 2 aromatic heterocycles. The third-order valence-corrected chi connectivity index (χ3v) is 4.92. The van der Waals surface area contributed by atoms with Crippen molar-refractivity contribution in [3.63, 3.8) is 0 Å². The minimum absolute atomic E-state index is 0.168. The van der Waals surface area contributed by atoms with E-state index in [1.165, 1.54) is 18.3 Å². The fourth-order valence-electron chi connectivity index (χ4n) is 1.96. The number of carbonyl (C=O) groups is 1. The van der Waals surface area contributed by atoms with Gasteiger partial charge in [-0.05, 0) is 47.7 Å². The van der Waals surface area contributed by atoms with Gasteiger partial charge in [-0.3, -0.25) is 4.79 Å². The number of hydrogen-bond acceptors (Lipinski definition) is 8. The van der Waals surface area contributed by atoms with Gasteiger partial charge >= 0.3 is 0 Å².